The van der Waals surface area contributed by atoms with Crippen LogP contribution in [0.3, 0.4) is 0 Å². The minimum atomic E-state index is -0.189. The topological polar surface area (TPSA) is 89.3 Å². The molecule has 124 valence electrons. The van der Waals surface area contributed by atoms with Crippen molar-refractivity contribution in [2.75, 3.05) is 11.1 Å². The van der Waals surface area contributed by atoms with Crippen molar-refractivity contribution < 1.29 is 9.53 Å². The average molecular weight is 334 g/mol. The highest BCUT2D eigenvalue weighted by Crippen LogP contribution is 2.30. The highest BCUT2D eigenvalue weighted by molar-refractivity contribution is 7.17. The Hall–Kier alpha value is -2.28. The quantitative estimate of drug-likeness (QED) is 0.741. The number of nitrogens with one attached hydrogen (secondary N) is 2. The maximum absolute atomic E-state index is 12.0. The molecule has 7 heteroatoms. The molecule has 6 nitrogen and oxygen atoms in total. The fourth-order valence-electron chi connectivity index (χ4n) is 2.11. The molecule has 0 aliphatic heterocycles. The smallest absolute Gasteiger partial charge is 0.319 e. The van der Waals surface area contributed by atoms with Crippen molar-refractivity contribution in [3.63, 3.8) is 0 Å². The van der Waals surface area contributed by atoms with E-state index in [0.29, 0.717) is 15.9 Å². The minimum absolute atomic E-state index is 0.189. The van der Waals surface area contributed by atoms with E-state index in [1.807, 2.05) is 19.1 Å². The number of anilines is 2. The third-order valence-corrected chi connectivity index (χ3v) is 4.19. The van der Waals surface area contributed by atoms with Gasteiger partial charge in [0.05, 0.1) is 6.20 Å². The fraction of sp³-hybridized carbons (Fsp3) is 0.375. The molecular weight excluding hydrogens is 312 g/mol. The molecule has 1 aromatic heterocycles. The summed E-state index contributed by atoms with van der Waals surface area (Å²) in [6.07, 6.45) is 3.41. The van der Waals surface area contributed by atoms with E-state index in [0.717, 1.165) is 24.1 Å². The summed E-state index contributed by atoms with van der Waals surface area (Å²) in [6.45, 7) is 6.02. The Labute approximate surface area is 140 Å². The third kappa shape index (κ3) is 4.85. The van der Waals surface area contributed by atoms with E-state index < -0.39 is 0 Å². The van der Waals surface area contributed by atoms with Crippen molar-refractivity contribution in [2.24, 2.45) is 0 Å². The molecule has 0 unspecified atom stereocenters. The summed E-state index contributed by atoms with van der Waals surface area (Å²) >= 11 is 1.28. The average Bonchev–Trinajstić information content (AvgIpc) is 2.92. The zero-order chi connectivity index (χ0) is 16.8. The number of nitrogens with zero attached hydrogens (tertiary/aromatic N) is 1. The summed E-state index contributed by atoms with van der Waals surface area (Å²) in [5.74, 6) is 0.678. The van der Waals surface area contributed by atoms with Crippen LogP contribution >= 0.6 is 11.3 Å². The number of benzene rings is 1. The van der Waals surface area contributed by atoms with Gasteiger partial charge in [-0.2, -0.15) is 0 Å². The van der Waals surface area contributed by atoms with Crippen molar-refractivity contribution in [1.82, 2.24) is 10.3 Å². The molecule has 2 aromatic rings. The van der Waals surface area contributed by atoms with Crippen LogP contribution < -0.4 is 21.1 Å². The van der Waals surface area contributed by atoms with Crippen LogP contribution in [-0.4, -0.2) is 17.1 Å². The van der Waals surface area contributed by atoms with E-state index >= 15 is 0 Å². The first kappa shape index (κ1) is 17.1. The van der Waals surface area contributed by atoms with Crippen molar-refractivity contribution >= 4 is 28.2 Å². The maximum Gasteiger partial charge on any atom is 0.319 e. The molecule has 0 saturated heterocycles. The van der Waals surface area contributed by atoms with Crippen molar-refractivity contribution in [1.29, 1.82) is 0 Å². The molecule has 0 bridgehead atoms. The lowest BCUT2D eigenvalue weighted by atomic mass is 10.2. The second-order valence-electron chi connectivity index (χ2n) is 5.21. The van der Waals surface area contributed by atoms with E-state index in [1.165, 1.54) is 11.3 Å². The summed E-state index contributed by atoms with van der Waals surface area (Å²) in [7, 11) is 0. The van der Waals surface area contributed by atoms with E-state index in [2.05, 4.69) is 29.5 Å². The highest BCUT2D eigenvalue weighted by Gasteiger charge is 2.10. The first-order valence-corrected chi connectivity index (χ1v) is 8.40. The third-order valence-electron chi connectivity index (χ3n) is 3.49. The van der Waals surface area contributed by atoms with Crippen LogP contribution in [0.15, 0.2) is 24.4 Å². The molecule has 0 fully saturated rings. The summed E-state index contributed by atoms with van der Waals surface area (Å²) < 4.78 is 5.69. The van der Waals surface area contributed by atoms with E-state index in [1.54, 1.807) is 12.3 Å². The van der Waals surface area contributed by atoms with E-state index in [9.17, 15) is 4.79 Å². The molecule has 2 rings (SSSR count). The van der Waals surface area contributed by atoms with Crippen LogP contribution in [0.1, 0.15) is 32.3 Å². The normalized spacial score (nSPS) is 10.6. The van der Waals surface area contributed by atoms with Crippen molar-refractivity contribution in [3.8, 4) is 10.8 Å². The van der Waals surface area contributed by atoms with Gasteiger partial charge in [-0.3, -0.25) is 0 Å². The molecule has 0 aliphatic rings. The molecular formula is C16H22N4O2S. The Morgan fingerprint density at radius 2 is 2.13 bits per heavy atom. The standard InChI is InChI=1S/C16H22N4O2S/c1-4-11(5-2)19-16(21)20-13-7-6-12(8-10(13)3)22-14-9-18-15(17)23-14/h6-9,11H,4-5H2,1-3H3,(H2,17,18)(H2,19,20,21). The number of nitrogen functional groups attached to an aromatic ring is 1. The molecule has 2 amide bonds. The number of hydrogen-bond acceptors (Lipinski definition) is 5. The number of thiazole rings is 1. The largest absolute Gasteiger partial charge is 0.445 e. The number of aryl methyl sites for hydroxylation is 1. The van der Waals surface area contributed by atoms with Crippen LogP contribution in [0.4, 0.5) is 15.6 Å². The van der Waals surface area contributed by atoms with Gasteiger partial charge in [0, 0.05) is 11.7 Å². The van der Waals surface area contributed by atoms with Gasteiger partial charge in [0.2, 0.25) is 5.06 Å². The SMILES string of the molecule is CCC(CC)NC(=O)Nc1ccc(Oc2cnc(N)s2)cc1C. The van der Waals surface area contributed by atoms with Crippen molar-refractivity contribution in [3.05, 3.63) is 30.0 Å². The van der Waals surface area contributed by atoms with Crippen LogP contribution in [0.2, 0.25) is 0 Å². The maximum atomic E-state index is 12.0. The summed E-state index contributed by atoms with van der Waals surface area (Å²) in [5, 5.41) is 6.92. The molecule has 0 spiro atoms. The minimum Gasteiger partial charge on any atom is -0.445 e. The number of carbonyl (C=O) groups is 1. The van der Waals surface area contributed by atoms with E-state index in [-0.39, 0.29) is 12.1 Å². The zero-order valence-electron chi connectivity index (χ0n) is 13.6. The summed E-state index contributed by atoms with van der Waals surface area (Å²) in [6, 6.07) is 5.49. The Balaban J connectivity index is 2.00. The van der Waals surface area contributed by atoms with Gasteiger partial charge in [-0.15, -0.1) is 0 Å². The van der Waals surface area contributed by atoms with Gasteiger partial charge in [0.25, 0.3) is 0 Å². The van der Waals surface area contributed by atoms with Crippen LogP contribution in [0, 0.1) is 6.92 Å². The second-order valence-corrected chi connectivity index (χ2v) is 6.23. The lowest BCUT2D eigenvalue weighted by molar-refractivity contribution is 0.247. The fourth-order valence-corrected chi connectivity index (χ4v) is 2.67. The molecule has 0 aliphatic carbocycles. The number of urea groups is 1. The first-order valence-electron chi connectivity index (χ1n) is 7.59. The highest BCUT2D eigenvalue weighted by atomic mass is 32.1. The van der Waals surface area contributed by atoms with E-state index in [4.69, 9.17) is 10.5 Å². The molecule has 0 saturated carbocycles. The number of ether oxygens (including phenoxy) is 1. The Bertz CT molecular complexity index is 668. The predicted molar refractivity (Wildman–Crippen MR) is 94.3 cm³/mol. The second kappa shape index (κ2) is 7.82. The van der Waals surface area contributed by atoms with Crippen LogP contribution in [-0.2, 0) is 0 Å². The van der Waals surface area contributed by atoms with Crippen molar-refractivity contribution in [2.45, 2.75) is 39.7 Å². The van der Waals surface area contributed by atoms with Gasteiger partial charge in [-0.25, -0.2) is 9.78 Å². The Kier molecular flexibility index (Phi) is 5.81. The number of carbonyl (C=O) groups excluding carboxylic acids is 1. The van der Waals surface area contributed by atoms with Gasteiger partial charge in [-0.1, -0.05) is 25.2 Å². The molecule has 0 atom stereocenters. The van der Waals surface area contributed by atoms with Gasteiger partial charge >= 0.3 is 6.03 Å². The monoisotopic (exact) mass is 334 g/mol. The first-order chi connectivity index (χ1) is 11.0. The molecule has 4 N–H and O–H groups in total. The van der Waals surface area contributed by atoms with Gasteiger partial charge < -0.3 is 21.1 Å². The zero-order valence-corrected chi connectivity index (χ0v) is 14.4. The summed E-state index contributed by atoms with van der Waals surface area (Å²) in [4.78, 5) is 15.9. The molecule has 1 aromatic carbocycles. The Morgan fingerprint density at radius 1 is 1.39 bits per heavy atom. The van der Waals surface area contributed by atoms with Crippen LogP contribution in [0.5, 0.6) is 10.8 Å². The number of amides is 2. The van der Waals surface area contributed by atoms with Crippen LogP contribution in [0.25, 0.3) is 0 Å². The van der Waals surface area contributed by atoms with Gasteiger partial charge in [-0.05, 0) is 43.5 Å². The summed E-state index contributed by atoms with van der Waals surface area (Å²) in [5.41, 5.74) is 7.25. The number of hydrogen-bond donors (Lipinski definition) is 3. The molecule has 23 heavy (non-hydrogen) atoms. The number of nitrogens with two attached hydrogens (primary N) is 1. The predicted octanol–water partition coefficient (Wildman–Crippen LogP) is 4.14. The number of aromatic nitrogens is 1. The van der Waals surface area contributed by atoms with Gasteiger partial charge in [0.15, 0.2) is 5.13 Å². The molecule has 0 radical (unpaired) electrons. The van der Waals surface area contributed by atoms with Gasteiger partial charge in [0.1, 0.15) is 5.75 Å². The molecule has 1 heterocycles. The Morgan fingerprint density at radius 3 is 2.70 bits per heavy atom. The number of rotatable bonds is 6. The lowest BCUT2D eigenvalue weighted by Crippen LogP contribution is -2.37. The lowest BCUT2D eigenvalue weighted by Gasteiger charge is -2.16.